The number of aromatic nitrogens is 3. The minimum absolute atomic E-state index is 0.214. The molecule has 2 aromatic carbocycles. The van der Waals surface area contributed by atoms with E-state index in [2.05, 4.69) is 10.3 Å². The zero-order valence-corrected chi connectivity index (χ0v) is 12.7. The van der Waals surface area contributed by atoms with Crippen LogP contribution >= 0.6 is 11.6 Å². The SMILES string of the molecule is Cc1ccc(Cl)cc1-n1nnc(CN)c1-c1cccc(F)c1. The first-order valence-electron chi connectivity index (χ1n) is 6.77. The minimum atomic E-state index is -0.323. The Morgan fingerprint density at radius 2 is 2.05 bits per heavy atom. The Labute approximate surface area is 132 Å². The lowest BCUT2D eigenvalue weighted by atomic mass is 10.1. The van der Waals surface area contributed by atoms with E-state index < -0.39 is 0 Å². The second kappa shape index (κ2) is 5.87. The molecule has 0 spiro atoms. The Balaban J connectivity index is 2.26. The average molecular weight is 317 g/mol. The molecule has 0 fully saturated rings. The third kappa shape index (κ3) is 2.61. The van der Waals surface area contributed by atoms with Gasteiger partial charge in [0.25, 0.3) is 0 Å². The van der Waals surface area contributed by atoms with Crippen LogP contribution in [0.1, 0.15) is 11.3 Å². The molecule has 6 heteroatoms. The van der Waals surface area contributed by atoms with Crippen LogP contribution in [-0.4, -0.2) is 15.0 Å². The quantitative estimate of drug-likeness (QED) is 0.804. The molecule has 3 aromatic rings. The largest absolute Gasteiger partial charge is 0.325 e. The van der Waals surface area contributed by atoms with Gasteiger partial charge in [0, 0.05) is 17.1 Å². The van der Waals surface area contributed by atoms with Crippen molar-refractivity contribution >= 4 is 11.6 Å². The van der Waals surface area contributed by atoms with Gasteiger partial charge in [-0.3, -0.25) is 0 Å². The Morgan fingerprint density at radius 1 is 1.23 bits per heavy atom. The summed E-state index contributed by atoms with van der Waals surface area (Å²) >= 11 is 6.08. The first-order valence-corrected chi connectivity index (χ1v) is 7.15. The highest BCUT2D eigenvalue weighted by Crippen LogP contribution is 2.28. The normalized spacial score (nSPS) is 10.9. The molecule has 112 valence electrons. The van der Waals surface area contributed by atoms with Crippen LogP contribution in [0.25, 0.3) is 16.9 Å². The van der Waals surface area contributed by atoms with Crippen molar-refractivity contribution in [3.8, 4) is 16.9 Å². The summed E-state index contributed by atoms with van der Waals surface area (Å²) in [4.78, 5) is 0. The molecule has 1 aromatic heterocycles. The van der Waals surface area contributed by atoms with E-state index in [4.69, 9.17) is 17.3 Å². The van der Waals surface area contributed by atoms with Gasteiger partial charge in [0.2, 0.25) is 0 Å². The van der Waals surface area contributed by atoms with E-state index in [0.717, 1.165) is 11.3 Å². The van der Waals surface area contributed by atoms with Gasteiger partial charge in [-0.15, -0.1) is 5.10 Å². The Kier molecular flexibility index (Phi) is 3.92. The Hall–Kier alpha value is -2.24. The van der Waals surface area contributed by atoms with E-state index in [1.165, 1.54) is 12.1 Å². The minimum Gasteiger partial charge on any atom is -0.325 e. The number of halogens is 2. The molecule has 0 unspecified atom stereocenters. The van der Waals surface area contributed by atoms with E-state index in [9.17, 15) is 4.39 Å². The van der Waals surface area contributed by atoms with Crippen molar-refractivity contribution in [3.63, 3.8) is 0 Å². The summed E-state index contributed by atoms with van der Waals surface area (Å²) < 4.78 is 15.2. The van der Waals surface area contributed by atoms with Crippen molar-refractivity contribution in [2.45, 2.75) is 13.5 Å². The van der Waals surface area contributed by atoms with E-state index in [1.54, 1.807) is 22.9 Å². The highest BCUT2D eigenvalue weighted by Gasteiger charge is 2.17. The number of nitrogens with zero attached hydrogens (tertiary/aromatic N) is 3. The van der Waals surface area contributed by atoms with Crippen LogP contribution in [0, 0.1) is 12.7 Å². The molecule has 0 atom stereocenters. The lowest BCUT2D eigenvalue weighted by Gasteiger charge is -2.11. The summed E-state index contributed by atoms with van der Waals surface area (Å²) in [7, 11) is 0. The fourth-order valence-electron chi connectivity index (χ4n) is 2.35. The van der Waals surface area contributed by atoms with Crippen molar-refractivity contribution < 1.29 is 4.39 Å². The summed E-state index contributed by atoms with van der Waals surface area (Å²) in [5.74, 6) is -0.323. The first kappa shape index (κ1) is 14.7. The van der Waals surface area contributed by atoms with E-state index in [1.807, 2.05) is 19.1 Å². The first-order chi connectivity index (χ1) is 10.6. The summed E-state index contributed by atoms with van der Waals surface area (Å²) in [6.07, 6.45) is 0. The van der Waals surface area contributed by atoms with Gasteiger partial charge < -0.3 is 5.73 Å². The van der Waals surface area contributed by atoms with Gasteiger partial charge in [0.15, 0.2) is 0 Å². The Bertz CT molecular complexity index is 829. The van der Waals surface area contributed by atoms with Gasteiger partial charge in [-0.2, -0.15) is 0 Å². The second-order valence-electron chi connectivity index (χ2n) is 4.94. The number of nitrogens with two attached hydrogens (primary N) is 1. The number of rotatable bonds is 3. The molecule has 0 bridgehead atoms. The molecular formula is C16H14ClFN4. The van der Waals surface area contributed by atoms with Gasteiger partial charge in [-0.25, -0.2) is 9.07 Å². The van der Waals surface area contributed by atoms with Crippen molar-refractivity contribution in [3.05, 3.63) is 64.6 Å². The van der Waals surface area contributed by atoms with Crippen LogP contribution in [0.15, 0.2) is 42.5 Å². The zero-order valence-electron chi connectivity index (χ0n) is 11.9. The van der Waals surface area contributed by atoms with Crippen molar-refractivity contribution in [1.82, 2.24) is 15.0 Å². The molecule has 0 aliphatic rings. The van der Waals surface area contributed by atoms with Crippen molar-refractivity contribution in [1.29, 1.82) is 0 Å². The van der Waals surface area contributed by atoms with Gasteiger partial charge in [0.05, 0.1) is 11.4 Å². The predicted octanol–water partition coefficient (Wildman–Crippen LogP) is 3.49. The summed E-state index contributed by atoms with van der Waals surface area (Å²) in [5.41, 5.74) is 9.47. The molecule has 0 saturated carbocycles. The van der Waals surface area contributed by atoms with Crippen LogP contribution in [0.5, 0.6) is 0 Å². The lowest BCUT2D eigenvalue weighted by molar-refractivity contribution is 0.628. The van der Waals surface area contributed by atoms with Crippen LogP contribution in [-0.2, 0) is 6.54 Å². The van der Waals surface area contributed by atoms with Gasteiger partial charge in [-0.05, 0) is 36.8 Å². The highest BCUT2D eigenvalue weighted by atomic mass is 35.5. The van der Waals surface area contributed by atoms with Crippen LogP contribution in [0.2, 0.25) is 5.02 Å². The number of hydrogen-bond acceptors (Lipinski definition) is 3. The zero-order chi connectivity index (χ0) is 15.7. The van der Waals surface area contributed by atoms with E-state index in [-0.39, 0.29) is 12.4 Å². The van der Waals surface area contributed by atoms with Crippen LogP contribution < -0.4 is 5.73 Å². The molecule has 0 aliphatic heterocycles. The summed E-state index contributed by atoms with van der Waals surface area (Å²) in [6.45, 7) is 2.16. The number of benzene rings is 2. The molecule has 2 N–H and O–H groups in total. The monoisotopic (exact) mass is 316 g/mol. The third-order valence-electron chi connectivity index (χ3n) is 3.43. The van der Waals surface area contributed by atoms with E-state index in [0.29, 0.717) is 22.0 Å². The topological polar surface area (TPSA) is 56.7 Å². The molecule has 0 radical (unpaired) electrons. The average Bonchev–Trinajstić information content (AvgIpc) is 2.93. The summed E-state index contributed by atoms with van der Waals surface area (Å²) in [6, 6.07) is 11.8. The molecule has 22 heavy (non-hydrogen) atoms. The number of hydrogen-bond donors (Lipinski definition) is 1. The Morgan fingerprint density at radius 3 is 2.77 bits per heavy atom. The van der Waals surface area contributed by atoms with Gasteiger partial charge >= 0.3 is 0 Å². The highest BCUT2D eigenvalue weighted by molar-refractivity contribution is 6.30. The predicted molar refractivity (Wildman–Crippen MR) is 84.4 cm³/mol. The van der Waals surface area contributed by atoms with E-state index >= 15 is 0 Å². The molecule has 3 rings (SSSR count). The molecule has 4 nitrogen and oxygen atoms in total. The standard InChI is InChI=1S/C16H14ClFN4/c1-10-5-6-12(17)8-15(10)22-16(14(9-19)20-21-22)11-3-2-4-13(18)7-11/h2-8H,9,19H2,1H3. The molecular weight excluding hydrogens is 303 g/mol. The molecule has 0 saturated heterocycles. The summed E-state index contributed by atoms with van der Waals surface area (Å²) in [5, 5.41) is 8.87. The smallest absolute Gasteiger partial charge is 0.123 e. The molecule has 0 aliphatic carbocycles. The second-order valence-corrected chi connectivity index (χ2v) is 5.38. The van der Waals surface area contributed by atoms with Crippen molar-refractivity contribution in [2.75, 3.05) is 0 Å². The van der Waals surface area contributed by atoms with Crippen LogP contribution in [0.3, 0.4) is 0 Å². The van der Waals surface area contributed by atoms with Crippen LogP contribution in [0.4, 0.5) is 4.39 Å². The third-order valence-corrected chi connectivity index (χ3v) is 3.67. The fraction of sp³-hybridized carbons (Fsp3) is 0.125. The number of aryl methyl sites for hydroxylation is 1. The maximum Gasteiger partial charge on any atom is 0.123 e. The van der Waals surface area contributed by atoms with Crippen molar-refractivity contribution in [2.24, 2.45) is 5.73 Å². The maximum absolute atomic E-state index is 13.6. The molecule has 0 amide bonds. The molecule has 1 heterocycles. The fourth-order valence-corrected chi connectivity index (χ4v) is 2.52. The lowest BCUT2D eigenvalue weighted by Crippen LogP contribution is -2.04. The van der Waals surface area contributed by atoms with Gasteiger partial charge in [0.1, 0.15) is 11.5 Å². The maximum atomic E-state index is 13.6. The van der Waals surface area contributed by atoms with Gasteiger partial charge in [-0.1, -0.05) is 35.0 Å².